The van der Waals surface area contributed by atoms with Gasteiger partial charge >= 0.3 is 5.97 Å². The van der Waals surface area contributed by atoms with E-state index in [1.165, 1.54) is 19.3 Å². The average molecular weight is 227 g/mol. The first-order valence-corrected chi connectivity index (χ1v) is 6.05. The minimum absolute atomic E-state index is 0.0346. The van der Waals surface area contributed by atoms with Gasteiger partial charge < -0.3 is 10.0 Å². The van der Waals surface area contributed by atoms with Gasteiger partial charge in [-0.25, -0.2) is 0 Å². The maximum absolute atomic E-state index is 11.8. The van der Waals surface area contributed by atoms with Crippen LogP contribution < -0.4 is 0 Å². The molecule has 1 aliphatic rings. The lowest BCUT2D eigenvalue weighted by Crippen LogP contribution is -2.30. The molecule has 0 unspecified atom stereocenters. The number of nitrogens with zero attached hydrogens (tertiary/aromatic N) is 1. The minimum atomic E-state index is -0.850. The lowest BCUT2D eigenvalue weighted by molar-refractivity contribution is -0.138. The molecule has 0 bridgehead atoms. The highest BCUT2D eigenvalue weighted by Crippen LogP contribution is 2.26. The van der Waals surface area contributed by atoms with Crippen LogP contribution in [-0.2, 0) is 9.59 Å². The largest absolute Gasteiger partial charge is 0.481 e. The van der Waals surface area contributed by atoms with Gasteiger partial charge in [0, 0.05) is 20.0 Å². The third-order valence-electron chi connectivity index (χ3n) is 3.27. The van der Waals surface area contributed by atoms with Gasteiger partial charge in [0.1, 0.15) is 0 Å². The Kier molecular flexibility index (Phi) is 5.29. The molecule has 1 amide bonds. The third-order valence-corrected chi connectivity index (χ3v) is 3.27. The molecule has 1 fully saturated rings. The van der Waals surface area contributed by atoms with Crippen LogP contribution in [0, 0.1) is 5.92 Å². The van der Waals surface area contributed by atoms with E-state index in [-0.39, 0.29) is 12.3 Å². The van der Waals surface area contributed by atoms with Crippen LogP contribution in [0.25, 0.3) is 0 Å². The minimum Gasteiger partial charge on any atom is -0.481 e. The van der Waals surface area contributed by atoms with Crippen LogP contribution in [0.4, 0.5) is 0 Å². The first kappa shape index (κ1) is 13.0. The summed E-state index contributed by atoms with van der Waals surface area (Å²) in [5, 5.41) is 8.53. The molecule has 16 heavy (non-hydrogen) atoms. The molecular weight excluding hydrogens is 206 g/mol. The lowest BCUT2D eigenvalue weighted by Gasteiger charge is -2.24. The monoisotopic (exact) mass is 227 g/mol. The van der Waals surface area contributed by atoms with Crippen molar-refractivity contribution in [3.63, 3.8) is 0 Å². The van der Waals surface area contributed by atoms with Crippen molar-refractivity contribution in [2.75, 3.05) is 13.6 Å². The van der Waals surface area contributed by atoms with Crippen LogP contribution in [0.15, 0.2) is 0 Å². The first-order valence-electron chi connectivity index (χ1n) is 6.05. The van der Waals surface area contributed by atoms with E-state index in [0.29, 0.717) is 18.9 Å². The summed E-state index contributed by atoms with van der Waals surface area (Å²) in [6, 6.07) is 0. The van der Waals surface area contributed by atoms with Crippen molar-refractivity contribution in [1.82, 2.24) is 4.90 Å². The van der Waals surface area contributed by atoms with E-state index in [1.807, 2.05) is 0 Å². The third kappa shape index (κ3) is 4.64. The highest BCUT2D eigenvalue weighted by atomic mass is 16.4. The molecule has 1 aliphatic carbocycles. The van der Waals surface area contributed by atoms with E-state index >= 15 is 0 Å². The fourth-order valence-electron chi connectivity index (χ4n) is 2.18. The number of carboxylic acids is 1. The van der Waals surface area contributed by atoms with Gasteiger partial charge in [0.15, 0.2) is 0 Å². The van der Waals surface area contributed by atoms with E-state index < -0.39 is 5.97 Å². The van der Waals surface area contributed by atoms with Gasteiger partial charge in [-0.05, 0) is 18.8 Å². The fourth-order valence-corrected chi connectivity index (χ4v) is 2.18. The molecule has 92 valence electrons. The van der Waals surface area contributed by atoms with Gasteiger partial charge in [-0.15, -0.1) is 0 Å². The van der Waals surface area contributed by atoms with Crippen molar-refractivity contribution in [3.05, 3.63) is 0 Å². The molecule has 4 heteroatoms. The zero-order valence-electron chi connectivity index (χ0n) is 9.95. The molecule has 0 saturated heterocycles. The van der Waals surface area contributed by atoms with E-state index in [9.17, 15) is 9.59 Å². The van der Waals surface area contributed by atoms with Crippen LogP contribution in [0.3, 0.4) is 0 Å². The maximum atomic E-state index is 11.8. The molecule has 0 aromatic rings. The topological polar surface area (TPSA) is 57.6 Å². The first-order chi connectivity index (χ1) is 7.59. The quantitative estimate of drug-likeness (QED) is 0.780. The highest BCUT2D eigenvalue weighted by molar-refractivity contribution is 5.77. The summed E-state index contributed by atoms with van der Waals surface area (Å²) < 4.78 is 0. The summed E-state index contributed by atoms with van der Waals surface area (Å²) >= 11 is 0. The maximum Gasteiger partial charge on any atom is 0.305 e. The number of carboxylic acid groups (broad SMARTS) is 1. The van der Waals surface area contributed by atoms with Crippen molar-refractivity contribution >= 4 is 11.9 Å². The molecule has 4 nitrogen and oxygen atoms in total. The summed E-state index contributed by atoms with van der Waals surface area (Å²) in [7, 11) is 1.69. The molecule has 0 spiro atoms. The molecular formula is C12H21NO3. The summed E-state index contributed by atoms with van der Waals surface area (Å²) in [6.45, 7) is 0.320. The number of hydrogen-bond acceptors (Lipinski definition) is 2. The Hall–Kier alpha value is -1.06. The highest BCUT2D eigenvalue weighted by Gasteiger charge is 2.19. The fraction of sp³-hybridized carbons (Fsp3) is 0.833. The van der Waals surface area contributed by atoms with E-state index in [0.717, 1.165) is 12.8 Å². The van der Waals surface area contributed by atoms with E-state index in [4.69, 9.17) is 5.11 Å². The SMILES string of the molecule is CN(CCC(=O)O)C(=O)CC1CCCCC1. The second-order valence-electron chi connectivity index (χ2n) is 4.67. The predicted molar refractivity (Wildman–Crippen MR) is 61.1 cm³/mol. The van der Waals surface area contributed by atoms with E-state index in [1.54, 1.807) is 11.9 Å². The Morgan fingerprint density at radius 1 is 1.25 bits per heavy atom. The Balaban J connectivity index is 2.24. The standard InChI is InChI=1S/C12H21NO3/c1-13(8-7-12(15)16)11(14)9-10-5-3-2-4-6-10/h10H,2-9H2,1H3,(H,15,16). The van der Waals surface area contributed by atoms with Gasteiger partial charge in [0.05, 0.1) is 6.42 Å². The van der Waals surface area contributed by atoms with Crippen molar-refractivity contribution in [3.8, 4) is 0 Å². The zero-order chi connectivity index (χ0) is 12.0. The Morgan fingerprint density at radius 2 is 1.88 bits per heavy atom. The number of carbonyl (C=O) groups excluding carboxylic acids is 1. The molecule has 0 heterocycles. The smallest absolute Gasteiger partial charge is 0.305 e. The van der Waals surface area contributed by atoms with Crippen molar-refractivity contribution < 1.29 is 14.7 Å². The van der Waals surface area contributed by atoms with E-state index in [2.05, 4.69) is 0 Å². The van der Waals surface area contributed by atoms with Crippen molar-refractivity contribution in [2.24, 2.45) is 5.92 Å². The predicted octanol–water partition coefficient (Wildman–Crippen LogP) is 1.89. The Morgan fingerprint density at radius 3 is 2.44 bits per heavy atom. The molecule has 1 rings (SSSR count). The number of aliphatic carboxylic acids is 1. The van der Waals surface area contributed by atoms with Crippen LogP contribution in [0.5, 0.6) is 0 Å². The molecule has 1 saturated carbocycles. The van der Waals surface area contributed by atoms with Crippen molar-refractivity contribution in [1.29, 1.82) is 0 Å². The van der Waals surface area contributed by atoms with Crippen LogP contribution in [-0.4, -0.2) is 35.5 Å². The number of carbonyl (C=O) groups is 2. The molecule has 0 aromatic carbocycles. The van der Waals surface area contributed by atoms with Gasteiger partial charge in [-0.3, -0.25) is 9.59 Å². The Labute approximate surface area is 96.6 Å². The molecule has 0 aliphatic heterocycles. The van der Waals surface area contributed by atoms with Crippen molar-refractivity contribution in [2.45, 2.75) is 44.9 Å². The summed E-state index contributed by atoms with van der Waals surface area (Å²) in [5.41, 5.74) is 0. The van der Waals surface area contributed by atoms with Gasteiger partial charge in [0.2, 0.25) is 5.91 Å². The summed E-state index contributed by atoms with van der Waals surface area (Å²) in [6.07, 6.45) is 6.69. The van der Waals surface area contributed by atoms with Crippen LogP contribution in [0.2, 0.25) is 0 Å². The van der Waals surface area contributed by atoms with Gasteiger partial charge in [0.25, 0.3) is 0 Å². The molecule has 0 aromatic heterocycles. The van der Waals surface area contributed by atoms with Crippen LogP contribution >= 0.6 is 0 Å². The van der Waals surface area contributed by atoms with Gasteiger partial charge in [-0.2, -0.15) is 0 Å². The number of hydrogen-bond donors (Lipinski definition) is 1. The molecule has 1 N–H and O–H groups in total. The normalized spacial score (nSPS) is 17.1. The number of amides is 1. The summed E-state index contributed by atoms with van der Waals surface area (Å²) in [5.74, 6) is -0.237. The second-order valence-corrected chi connectivity index (χ2v) is 4.67. The Bertz CT molecular complexity index is 247. The molecule has 0 atom stereocenters. The molecule has 0 radical (unpaired) electrons. The van der Waals surface area contributed by atoms with Gasteiger partial charge in [-0.1, -0.05) is 19.3 Å². The second kappa shape index (κ2) is 6.51. The zero-order valence-corrected chi connectivity index (χ0v) is 9.95. The van der Waals surface area contributed by atoms with Crippen LogP contribution in [0.1, 0.15) is 44.9 Å². The lowest BCUT2D eigenvalue weighted by atomic mass is 9.87. The summed E-state index contributed by atoms with van der Waals surface area (Å²) in [4.78, 5) is 23.7. The number of rotatable bonds is 5. The average Bonchev–Trinajstić information content (AvgIpc) is 2.27.